The molecule has 3 N–H and O–H groups in total. The van der Waals surface area contributed by atoms with Gasteiger partial charge in [0.25, 0.3) is 5.91 Å². The van der Waals surface area contributed by atoms with Crippen LogP contribution < -0.4 is 10.6 Å². The molecule has 4 aromatic rings. The lowest BCUT2D eigenvalue weighted by atomic mass is 9.89. The summed E-state index contributed by atoms with van der Waals surface area (Å²) >= 11 is 0. The van der Waals surface area contributed by atoms with Crippen molar-refractivity contribution in [2.75, 3.05) is 25.6 Å². The molecule has 4 atom stereocenters. The Hall–Kier alpha value is -3.57. The first-order valence-corrected chi connectivity index (χ1v) is 11.3. The maximum absolute atomic E-state index is 14.5. The Kier molecular flexibility index (Phi) is 4.96. The van der Waals surface area contributed by atoms with Crippen LogP contribution in [0.4, 0.5) is 10.2 Å². The zero-order valence-electron chi connectivity index (χ0n) is 18.5. The molecule has 0 spiro atoms. The number of pyridine rings is 1. The summed E-state index contributed by atoms with van der Waals surface area (Å²) in [5.74, 6) is 0.304. The van der Waals surface area contributed by atoms with E-state index in [2.05, 4.69) is 20.7 Å². The van der Waals surface area contributed by atoms with Crippen LogP contribution in [-0.2, 0) is 4.74 Å². The van der Waals surface area contributed by atoms with Crippen LogP contribution in [0.1, 0.15) is 29.2 Å². The lowest BCUT2D eigenvalue weighted by Crippen LogP contribution is -2.50. The number of rotatable bonds is 5. The minimum absolute atomic E-state index is 0.0601. The highest BCUT2D eigenvalue weighted by Gasteiger charge is 2.33. The van der Waals surface area contributed by atoms with Crippen molar-refractivity contribution in [3.63, 3.8) is 0 Å². The van der Waals surface area contributed by atoms with Crippen LogP contribution in [-0.4, -0.2) is 73.7 Å². The second kappa shape index (κ2) is 8.03. The lowest BCUT2D eigenvalue weighted by molar-refractivity contribution is 0.0448. The molecular formula is C23H24FN7O3. The van der Waals surface area contributed by atoms with E-state index in [0.717, 1.165) is 17.4 Å². The average molecular weight is 465 g/mol. The number of halogens is 1. The molecular weight excluding hydrogens is 441 g/mol. The lowest BCUT2D eigenvalue weighted by Gasteiger charge is -2.32. The van der Waals surface area contributed by atoms with Crippen LogP contribution in [0, 0.1) is 0 Å². The van der Waals surface area contributed by atoms with Gasteiger partial charge in [-0.1, -0.05) is 0 Å². The van der Waals surface area contributed by atoms with Crippen molar-refractivity contribution in [3.05, 3.63) is 42.4 Å². The molecule has 176 valence electrons. The van der Waals surface area contributed by atoms with Gasteiger partial charge >= 0.3 is 0 Å². The molecule has 4 aromatic heterocycles. The van der Waals surface area contributed by atoms with Crippen LogP contribution in [0.3, 0.4) is 0 Å². The molecule has 2 fully saturated rings. The van der Waals surface area contributed by atoms with Crippen molar-refractivity contribution in [3.8, 4) is 11.3 Å². The van der Waals surface area contributed by atoms with E-state index in [-0.39, 0.29) is 25.2 Å². The van der Waals surface area contributed by atoms with Crippen LogP contribution in [0.25, 0.3) is 27.9 Å². The summed E-state index contributed by atoms with van der Waals surface area (Å²) in [6, 6.07) is 4.85. The molecule has 11 heteroatoms. The Morgan fingerprint density at radius 2 is 2.18 bits per heavy atom. The summed E-state index contributed by atoms with van der Waals surface area (Å²) in [5, 5.41) is 21.0. The third-order valence-corrected chi connectivity index (χ3v) is 6.73. The maximum atomic E-state index is 14.5. The summed E-state index contributed by atoms with van der Waals surface area (Å²) in [6.07, 6.45) is 4.76. The van der Waals surface area contributed by atoms with E-state index in [4.69, 9.17) is 9.72 Å². The van der Waals surface area contributed by atoms with E-state index in [1.165, 1.54) is 6.20 Å². The molecule has 6 rings (SSSR count). The van der Waals surface area contributed by atoms with E-state index in [9.17, 15) is 14.3 Å². The van der Waals surface area contributed by atoms with E-state index in [1.807, 2.05) is 29.0 Å². The zero-order chi connectivity index (χ0) is 23.4. The first-order valence-electron chi connectivity index (χ1n) is 11.3. The predicted octanol–water partition coefficient (Wildman–Crippen LogP) is 1.95. The largest absolute Gasteiger partial charge is 0.391 e. The monoisotopic (exact) mass is 465 g/mol. The number of carbonyl (C=O) groups excluding carboxylic acids is 1. The number of nitrogens with one attached hydrogen (secondary N) is 2. The van der Waals surface area contributed by atoms with Crippen molar-refractivity contribution in [2.45, 2.75) is 37.2 Å². The van der Waals surface area contributed by atoms with Crippen LogP contribution in [0.15, 0.2) is 36.8 Å². The smallest absolute Gasteiger partial charge is 0.257 e. The summed E-state index contributed by atoms with van der Waals surface area (Å²) < 4.78 is 23.3. The summed E-state index contributed by atoms with van der Waals surface area (Å²) in [6.45, 7) is 0.333. The molecule has 10 nitrogen and oxygen atoms in total. The molecule has 5 heterocycles. The number of aromatic nitrogens is 5. The number of hydrogen-bond acceptors (Lipinski definition) is 7. The molecule has 1 unspecified atom stereocenters. The Labute approximate surface area is 193 Å². The third-order valence-electron chi connectivity index (χ3n) is 6.73. The molecule has 1 amide bonds. The number of aliphatic hydroxyl groups is 1. The number of fused-ring (bicyclic) bond motifs is 2. The molecule has 0 aromatic carbocycles. The number of anilines is 1. The Balaban J connectivity index is 1.48. The standard InChI is InChI=1S/C23H24FN7O3/c1-25-20-7-17(28-22-13(8-27-31(20)22)23(33)29-16-4-5-19(16)32)14-9-30(18-11-34-10-15(18)24)21-12(14)3-2-6-26-21/h2-3,6-9,15-16,18-19,25,32H,4-5,10-11H2,1H3,(H,29,33)/t15-,16?,18+,19+/m1/s1. The van der Waals surface area contributed by atoms with Crippen LogP contribution in [0.2, 0.25) is 0 Å². The van der Waals surface area contributed by atoms with Gasteiger partial charge in [0.1, 0.15) is 23.2 Å². The number of nitrogens with zero attached hydrogens (tertiary/aromatic N) is 5. The zero-order valence-corrected chi connectivity index (χ0v) is 18.5. The second-order valence-corrected chi connectivity index (χ2v) is 8.74. The molecule has 0 bridgehead atoms. The number of ether oxygens (including phenoxy) is 1. The average Bonchev–Trinajstić information content (AvgIpc) is 3.57. The highest BCUT2D eigenvalue weighted by Crippen LogP contribution is 2.35. The predicted molar refractivity (Wildman–Crippen MR) is 123 cm³/mol. The van der Waals surface area contributed by atoms with E-state index in [0.29, 0.717) is 34.8 Å². The molecule has 1 aliphatic carbocycles. The summed E-state index contributed by atoms with van der Waals surface area (Å²) in [7, 11) is 1.76. The number of carbonyl (C=O) groups is 1. The van der Waals surface area contributed by atoms with Gasteiger partial charge in [0.05, 0.1) is 43.3 Å². The third kappa shape index (κ3) is 3.23. The number of alkyl halides is 1. The quantitative estimate of drug-likeness (QED) is 0.412. The highest BCUT2D eigenvalue weighted by atomic mass is 19.1. The van der Waals surface area contributed by atoms with Gasteiger partial charge in [-0.2, -0.15) is 9.61 Å². The van der Waals surface area contributed by atoms with Gasteiger partial charge < -0.3 is 25.0 Å². The fourth-order valence-corrected chi connectivity index (χ4v) is 4.65. The van der Waals surface area contributed by atoms with Gasteiger partial charge in [-0.25, -0.2) is 14.4 Å². The Bertz CT molecular complexity index is 1400. The van der Waals surface area contributed by atoms with Gasteiger partial charge in [-0.15, -0.1) is 0 Å². The number of hydrogen-bond donors (Lipinski definition) is 3. The SMILES string of the molecule is CNc1cc(-c2cn([C@H]3COC[C@H]3F)c3ncccc23)nc2c(C(=O)NC3CC[C@@H]3O)cnn12. The van der Waals surface area contributed by atoms with Gasteiger partial charge in [-0.05, 0) is 25.0 Å². The number of aliphatic hydroxyl groups excluding tert-OH is 1. The fourth-order valence-electron chi connectivity index (χ4n) is 4.65. The van der Waals surface area contributed by atoms with Crippen molar-refractivity contribution in [1.82, 2.24) is 29.5 Å². The number of amides is 1. The van der Waals surface area contributed by atoms with Crippen molar-refractivity contribution in [1.29, 1.82) is 0 Å². The Morgan fingerprint density at radius 3 is 2.88 bits per heavy atom. The normalized spacial score (nSPS) is 24.4. The van der Waals surface area contributed by atoms with E-state index >= 15 is 0 Å². The topological polar surface area (TPSA) is 119 Å². The van der Waals surface area contributed by atoms with Gasteiger partial charge in [0, 0.05) is 36.5 Å². The molecule has 1 saturated carbocycles. The second-order valence-electron chi connectivity index (χ2n) is 8.74. The molecule has 0 radical (unpaired) electrons. The van der Waals surface area contributed by atoms with E-state index < -0.39 is 18.3 Å². The van der Waals surface area contributed by atoms with Crippen LogP contribution >= 0.6 is 0 Å². The van der Waals surface area contributed by atoms with Crippen molar-refractivity contribution >= 4 is 28.4 Å². The van der Waals surface area contributed by atoms with Crippen molar-refractivity contribution in [2.24, 2.45) is 0 Å². The van der Waals surface area contributed by atoms with Gasteiger partial charge in [-0.3, -0.25) is 4.79 Å². The molecule has 1 saturated heterocycles. The molecule has 2 aliphatic rings. The van der Waals surface area contributed by atoms with Crippen molar-refractivity contribution < 1.29 is 19.0 Å². The maximum Gasteiger partial charge on any atom is 0.257 e. The summed E-state index contributed by atoms with van der Waals surface area (Å²) in [5.41, 5.74) is 2.70. The minimum Gasteiger partial charge on any atom is -0.391 e. The first kappa shape index (κ1) is 21.0. The first-order chi connectivity index (χ1) is 16.5. The molecule has 1 aliphatic heterocycles. The van der Waals surface area contributed by atoms with Gasteiger partial charge in [0.2, 0.25) is 0 Å². The fraction of sp³-hybridized carbons (Fsp3) is 0.391. The highest BCUT2D eigenvalue weighted by molar-refractivity contribution is 6.01. The van der Waals surface area contributed by atoms with Crippen LogP contribution in [0.5, 0.6) is 0 Å². The molecule has 34 heavy (non-hydrogen) atoms. The minimum atomic E-state index is -1.12. The summed E-state index contributed by atoms with van der Waals surface area (Å²) in [4.78, 5) is 22.2. The van der Waals surface area contributed by atoms with Gasteiger partial charge in [0.15, 0.2) is 5.65 Å². The Morgan fingerprint density at radius 1 is 1.29 bits per heavy atom. The van der Waals surface area contributed by atoms with E-state index in [1.54, 1.807) is 17.8 Å².